The van der Waals surface area contributed by atoms with Gasteiger partial charge in [-0.05, 0) is 133 Å². The number of aromatic nitrogens is 8. The molecule has 0 radical (unpaired) electrons. The van der Waals surface area contributed by atoms with Gasteiger partial charge in [0.05, 0.1) is 5.69 Å². The molecule has 0 unspecified atom stereocenters. The van der Waals surface area contributed by atoms with Crippen LogP contribution < -0.4 is 29.4 Å². The molecule has 0 aliphatic carbocycles. The maximum absolute atomic E-state index is 4.46. The molecule has 3 aliphatic heterocycles. The van der Waals surface area contributed by atoms with Crippen molar-refractivity contribution in [2.45, 2.75) is 0 Å². The molecule has 3 aliphatic rings. The molecule has 0 fully saturated rings. The molecule has 22 rings (SSSR count). The predicted octanol–water partition coefficient (Wildman–Crippen LogP) is 22.0. The number of hydrogen-bond donors (Lipinski definition) is 0. The van der Waals surface area contributed by atoms with Crippen LogP contribution in [0.1, 0.15) is 0 Å². The first kappa shape index (κ1) is 77.1. The van der Waals surface area contributed by atoms with Crippen LogP contribution in [0, 0.1) is 56.4 Å². The number of para-hydroxylation sites is 12. The number of fused-ring (bicyclic) bond motifs is 12. The zero-order valence-corrected chi connectivity index (χ0v) is 68.3. The summed E-state index contributed by atoms with van der Waals surface area (Å²) in [5, 5.41) is 7.34. The van der Waals surface area contributed by atoms with Crippen LogP contribution in [-0.2, 0) is 60.3 Å². The van der Waals surface area contributed by atoms with Crippen LogP contribution in [0.5, 0.6) is 0 Å². The average Bonchev–Trinajstić information content (AvgIpc) is 1.60. The molecule has 0 spiro atoms. The Kier molecular flexibility index (Phi) is 24.5. The quantitative estimate of drug-likeness (QED) is 0.143. The molecule has 11 heterocycles. The van der Waals surface area contributed by atoms with Gasteiger partial charge in [0.1, 0.15) is 29.1 Å². The molecule has 0 saturated carbocycles. The zero-order chi connectivity index (χ0) is 74.0. The van der Waals surface area contributed by atoms with Crippen molar-refractivity contribution < 1.29 is 60.3 Å². The van der Waals surface area contributed by atoms with Gasteiger partial charge in [-0.1, -0.05) is 120 Å². The first-order valence-corrected chi connectivity index (χ1v) is 36.1. The van der Waals surface area contributed by atoms with Gasteiger partial charge in [-0.2, -0.15) is 177 Å². The Morgan fingerprint density at radius 1 is 0.239 bits per heavy atom. The summed E-state index contributed by atoms with van der Waals surface area (Å²) < 4.78 is 6.47. The van der Waals surface area contributed by atoms with Crippen LogP contribution in [0.3, 0.4) is 0 Å². The van der Waals surface area contributed by atoms with Gasteiger partial charge >= 0.3 is 60.3 Å². The molecule has 0 saturated heterocycles. The van der Waals surface area contributed by atoms with E-state index < -0.39 is 0 Å². The van der Waals surface area contributed by atoms with Crippen molar-refractivity contribution in [1.29, 1.82) is 0 Å². The van der Waals surface area contributed by atoms with E-state index in [1.165, 1.54) is 60.2 Å². The van der Waals surface area contributed by atoms with Gasteiger partial charge in [0.15, 0.2) is 0 Å². The summed E-state index contributed by atoms with van der Waals surface area (Å²) in [5.74, 6) is 4.70. The average molecular weight is 2000 g/mol. The van der Waals surface area contributed by atoms with Crippen molar-refractivity contribution in [3.05, 3.63) is 421 Å². The van der Waals surface area contributed by atoms with Crippen molar-refractivity contribution in [1.82, 2.24) is 38.6 Å². The fourth-order valence-corrected chi connectivity index (χ4v) is 14.1. The molecule has 0 atom stereocenters. The van der Waals surface area contributed by atoms with Crippen molar-refractivity contribution in [3.8, 4) is 17.5 Å². The smallest absolute Gasteiger partial charge is 0.502 e. The second kappa shape index (κ2) is 36.0. The van der Waals surface area contributed by atoms with E-state index in [-0.39, 0.29) is 60.3 Å². The molecule has 0 N–H and O–H groups in total. The minimum atomic E-state index is 0. The molecule has 113 heavy (non-hydrogen) atoms. The second-order valence-corrected chi connectivity index (χ2v) is 25.7. The predicted molar refractivity (Wildman–Crippen MR) is 448 cm³/mol. The monoisotopic (exact) mass is 2000 g/mol. The van der Waals surface area contributed by atoms with Gasteiger partial charge in [-0.3, -0.25) is 0 Å². The first-order chi connectivity index (χ1) is 54.5. The molecule has 17 heteroatoms. The van der Waals surface area contributed by atoms with Crippen LogP contribution in [0.15, 0.2) is 365 Å². The summed E-state index contributed by atoms with van der Waals surface area (Å²) >= 11 is 0. The van der Waals surface area contributed by atoms with E-state index in [1.54, 1.807) is 6.20 Å². The molecule has 550 valence electrons. The fourth-order valence-electron chi connectivity index (χ4n) is 14.1. The Hall–Kier alpha value is -12.7. The van der Waals surface area contributed by atoms with E-state index in [1.807, 2.05) is 238 Å². The molecule has 0 amide bonds. The van der Waals surface area contributed by atoms with Gasteiger partial charge in [0, 0.05) is 70.3 Å². The van der Waals surface area contributed by atoms with E-state index >= 15 is 0 Å². The van der Waals surface area contributed by atoms with Crippen molar-refractivity contribution in [3.63, 3.8) is 0 Å². The Morgan fingerprint density at radius 2 is 0.575 bits per heavy atom. The molecule has 11 aromatic carbocycles. The molecular weight excluding hydrogens is 1930 g/mol. The maximum Gasteiger partial charge on any atom is 3.00 e. The normalized spacial score (nSPS) is 12.1. The van der Waals surface area contributed by atoms with E-state index in [0.29, 0.717) is 0 Å². The summed E-state index contributed by atoms with van der Waals surface area (Å²) in [6.45, 7) is 6.15. The largest absolute Gasteiger partial charge is 3.00 e. The molecule has 8 aromatic heterocycles. The molecule has 19 aromatic rings. The summed E-state index contributed by atoms with van der Waals surface area (Å²) in [7, 11) is 4.01. The van der Waals surface area contributed by atoms with Crippen molar-refractivity contribution in [2.75, 3.05) is 43.5 Å². The first-order valence-electron chi connectivity index (χ1n) is 36.1. The number of rotatable bonds is 7. The van der Waals surface area contributed by atoms with Crippen LogP contribution in [0.2, 0.25) is 0 Å². The van der Waals surface area contributed by atoms with Crippen molar-refractivity contribution >= 4 is 123 Å². The van der Waals surface area contributed by atoms with Gasteiger partial charge in [-0.25, -0.2) is 24.9 Å². The van der Waals surface area contributed by atoms with Crippen molar-refractivity contribution in [2.24, 2.45) is 0 Å². The Labute approximate surface area is 697 Å². The van der Waals surface area contributed by atoms with Crippen LogP contribution in [0.25, 0.3) is 82.9 Å². The summed E-state index contributed by atoms with van der Waals surface area (Å²) in [6.07, 6.45) is 9.07. The molecular formula is C96H69Ir3N14. The maximum atomic E-state index is 4.46. The van der Waals surface area contributed by atoms with E-state index in [9.17, 15) is 0 Å². The number of pyridine rings is 5. The van der Waals surface area contributed by atoms with E-state index in [2.05, 4.69) is 259 Å². The summed E-state index contributed by atoms with van der Waals surface area (Å²) in [5.41, 5.74) is 15.5. The van der Waals surface area contributed by atoms with Gasteiger partial charge in [0.2, 0.25) is 0 Å². The van der Waals surface area contributed by atoms with Gasteiger partial charge in [-0.15, -0.1) is 39.9 Å². The summed E-state index contributed by atoms with van der Waals surface area (Å²) in [6, 6.07) is 132. The third-order valence-electron chi connectivity index (χ3n) is 18.9. The van der Waals surface area contributed by atoms with Crippen LogP contribution in [-0.4, -0.2) is 52.7 Å². The number of benzene rings is 11. The Balaban J connectivity index is 0.000000112. The standard InChI is InChI=1S/C19H14N2.3C17H11N2.2C13H11N3.3Ir/c1-3-9-16(10-4-1)20-15-21(17-11-5-2-6-12-17)19-14-8-7-13-18(19)20;3*1-3-9-15-13(7-1)14-8-2-4-10-16(14)19(15)17-11-5-6-12-18-17;1-15-10-16(11-6-3-2-4-7-11)12-8-5-9-14-13(12)15;1-15-10-16(11-6-3-2-4-7-11)13-12(15)8-5-9-14-13;;;/h1-11,13-15H;3*1-9,11-12H;2*2-6,8-10H,1H3;;;/q-2;3*-1;2*-2;3*+3. The minimum absolute atomic E-state index is 0. The molecule has 14 nitrogen and oxygen atoms in total. The van der Waals surface area contributed by atoms with Crippen LogP contribution in [0.4, 0.5) is 57.1 Å². The number of nitrogens with zero attached hydrogens (tertiary/aromatic N) is 14. The number of anilines is 10. The number of hydrogen-bond acceptors (Lipinski definition) is 11. The Morgan fingerprint density at radius 3 is 1.01 bits per heavy atom. The molecule has 0 bridgehead atoms. The van der Waals surface area contributed by atoms with Crippen LogP contribution >= 0.6 is 0 Å². The third-order valence-corrected chi connectivity index (χ3v) is 18.9. The third kappa shape index (κ3) is 16.0. The Bertz CT molecular complexity index is 5630. The topological polar surface area (TPSA) is 98.7 Å². The second-order valence-electron chi connectivity index (χ2n) is 25.7. The fraction of sp³-hybridized carbons (Fsp3) is 0.0208. The van der Waals surface area contributed by atoms with E-state index in [4.69, 9.17) is 0 Å². The van der Waals surface area contributed by atoms with Gasteiger partial charge in [0.25, 0.3) is 0 Å². The SMILES string of the molecule is CN1[CH-]N(c2[c-]cccc2)c2cccnc21.CN1[CH-]N(c2[c-]cccc2)c2ncccc21.[Ir+3].[Ir+3].[Ir+3].[c-]1cccc2c3ccccc3n(-c3ccccn3)c12.[c-]1cccc2c3ccccc3n(-c3ccccn3)c12.[c-]1cccc2c3ccccc3n(-c3ccccn3)c12.[c-]1ccccc1N1[CH-]N(c2ccccc2)c2ccccc21. The zero-order valence-electron chi connectivity index (χ0n) is 61.1. The van der Waals surface area contributed by atoms with E-state index in [0.717, 1.165) is 79.8 Å². The van der Waals surface area contributed by atoms with Gasteiger partial charge < -0.3 is 43.1 Å². The summed E-state index contributed by atoms with van der Waals surface area (Å²) in [4.78, 5) is 34.7. The minimum Gasteiger partial charge on any atom is -0.502 e.